The maximum absolute atomic E-state index is 11.9. The minimum atomic E-state index is -3.49. The summed E-state index contributed by atoms with van der Waals surface area (Å²) in [6.45, 7) is 4.25. The molecule has 1 N–H and O–H groups in total. The Morgan fingerprint density at radius 2 is 1.95 bits per heavy atom. The third kappa shape index (κ3) is 4.15. The van der Waals surface area contributed by atoms with Gasteiger partial charge in [0, 0.05) is 33.9 Å². The molecule has 21 heavy (non-hydrogen) atoms. The van der Waals surface area contributed by atoms with Gasteiger partial charge in [0.25, 0.3) is 0 Å². The van der Waals surface area contributed by atoms with Crippen molar-refractivity contribution in [2.45, 2.75) is 24.8 Å². The van der Waals surface area contributed by atoms with Crippen molar-refractivity contribution >= 4 is 21.7 Å². The Morgan fingerprint density at radius 3 is 2.38 bits per heavy atom. The molecular weight excluding hydrogens is 292 g/mol. The number of rotatable bonds is 6. The van der Waals surface area contributed by atoms with Crippen LogP contribution in [0.1, 0.15) is 13.8 Å². The van der Waals surface area contributed by atoms with Gasteiger partial charge in [-0.1, -0.05) is 0 Å². The van der Waals surface area contributed by atoms with E-state index in [0.29, 0.717) is 12.4 Å². The molecular formula is C13H22N4O3S. The van der Waals surface area contributed by atoms with Crippen LogP contribution in [0.4, 0.5) is 5.82 Å². The SMILES string of the molecule is CCN(C)C(=O)C(C)Nc1ccc(S(=O)(=O)N(C)C)cn1. The number of amides is 1. The summed E-state index contributed by atoms with van der Waals surface area (Å²) in [6, 6.07) is 2.58. The predicted octanol–water partition coefficient (Wildman–Crippen LogP) is 0.611. The van der Waals surface area contributed by atoms with Crippen molar-refractivity contribution < 1.29 is 13.2 Å². The lowest BCUT2D eigenvalue weighted by molar-refractivity contribution is -0.130. The highest BCUT2D eigenvalue weighted by atomic mass is 32.2. The van der Waals surface area contributed by atoms with Gasteiger partial charge in [-0.05, 0) is 26.0 Å². The summed E-state index contributed by atoms with van der Waals surface area (Å²) in [7, 11) is 1.16. The van der Waals surface area contributed by atoms with Gasteiger partial charge < -0.3 is 10.2 Å². The van der Waals surface area contributed by atoms with Gasteiger partial charge >= 0.3 is 0 Å². The van der Waals surface area contributed by atoms with Crippen molar-refractivity contribution in [2.75, 3.05) is 33.0 Å². The summed E-state index contributed by atoms with van der Waals surface area (Å²) in [5.74, 6) is 0.405. The van der Waals surface area contributed by atoms with Crippen molar-refractivity contribution in [2.24, 2.45) is 0 Å². The van der Waals surface area contributed by atoms with Crippen LogP contribution < -0.4 is 5.32 Å². The van der Waals surface area contributed by atoms with E-state index in [1.807, 2.05) is 6.92 Å². The van der Waals surface area contributed by atoms with Gasteiger partial charge in [-0.25, -0.2) is 17.7 Å². The topological polar surface area (TPSA) is 82.6 Å². The van der Waals surface area contributed by atoms with Crippen LogP contribution in [0.15, 0.2) is 23.2 Å². The van der Waals surface area contributed by atoms with Crippen molar-refractivity contribution in [3.63, 3.8) is 0 Å². The van der Waals surface area contributed by atoms with Crippen LogP contribution in [0.5, 0.6) is 0 Å². The average molecular weight is 314 g/mol. The van der Waals surface area contributed by atoms with Crippen LogP contribution in [-0.2, 0) is 14.8 Å². The Labute approximate surface area is 126 Å². The van der Waals surface area contributed by atoms with Gasteiger partial charge in [-0.15, -0.1) is 0 Å². The molecule has 0 fully saturated rings. The number of nitrogens with one attached hydrogen (secondary N) is 1. The van der Waals surface area contributed by atoms with E-state index in [1.165, 1.54) is 26.4 Å². The summed E-state index contributed by atoms with van der Waals surface area (Å²) in [6.07, 6.45) is 1.28. The van der Waals surface area contributed by atoms with Crippen LogP contribution in [0, 0.1) is 0 Å². The fourth-order valence-electron chi connectivity index (χ4n) is 1.60. The molecule has 7 nitrogen and oxygen atoms in total. The molecule has 0 aliphatic heterocycles. The monoisotopic (exact) mass is 314 g/mol. The molecule has 0 saturated heterocycles. The van der Waals surface area contributed by atoms with E-state index >= 15 is 0 Å². The zero-order valence-electron chi connectivity index (χ0n) is 13.0. The van der Waals surface area contributed by atoms with Gasteiger partial charge in [-0.2, -0.15) is 0 Å². The molecule has 0 aliphatic carbocycles. The van der Waals surface area contributed by atoms with Crippen LogP contribution in [0.25, 0.3) is 0 Å². The van der Waals surface area contributed by atoms with E-state index in [1.54, 1.807) is 24.9 Å². The summed E-state index contributed by atoms with van der Waals surface area (Å²) in [5, 5.41) is 2.95. The Kier molecular flexibility index (Phi) is 5.68. The molecule has 1 heterocycles. The molecule has 0 bridgehead atoms. The first-order valence-electron chi connectivity index (χ1n) is 6.60. The van der Waals surface area contributed by atoms with E-state index in [9.17, 15) is 13.2 Å². The van der Waals surface area contributed by atoms with Gasteiger partial charge in [0.15, 0.2) is 0 Å². The fourth-order valence-corrected chi connectivity index (χ4v) is 2.45. The normalized spacial score (nSPS) is 13.0. The molecule has 1 rings (SSSR count). The molecule has 0 saturated carbocycles. The van der Waals surface area contributed by atoms with E-state index in [-0.39, 0.29) is 10.8 Å². The third-order valence-corrected chi connectivity index (χ3v) is 4.90. The number of aromatic nitrogens is 1. The minimum absolute atomic E-state index is 0.0516. The predicted molar refractivity (Wildman–Crippen MR) is 81.5 cm³/mol. The number of hydrogen-bond donors (Lipinski definition) is 1. The fraction of sp³-hybridized carbons (Fsp3) is 0.538. The number of hydrogen-bond acceptors (Lipinski definition) is 5. The highest BCUT2D eigenvalue weighted by Crippen LogP contribution is 2.14. The molecule has 1 unspecified atom stereocenters. The van der Waals surface area contributed by atoms with Crippen molar-refractivity contribution in [1.29, 1.82) is 0 Å². The van der Waals surface area contributed by atoms with Gasteiger partial charge in [0.05, 0.1) is 0 Å². The number of nitrogens with zero attached hydrogens (tertiary/aromatic N) is 3. The molecule has 0 radical (unpaired) electrons. The maximum Gasteiger partial charge on any atom is 0.244 e. The lowest BCUT2D eigenvalue weighted by Crippen LogP contribution is -2.39. The van der Waals surface area contributed by atoms with E-state index in [0.717, 1.165) is 4.31 Å². The molecule has 118 valence electrons. The minimum Gasteiger partial charge on any atom is -0.359 e. The highest BCUT2D eigenvalue weighted by Gasteiger charge is 2.19. The Morgan fingerprint density at radius 1 is 1.33 bits per heavy atom. The van der Waals surface area contributed by atoms with Gasteiger partial charge in [-0.3, -0.25) is 4.79 Å². The first-order chi connectivity index (χ1) is 9.70. The lowest BCUT2D eigenvalue weighted by atomic mass is 10.3. The molecule has 0 spiro atoms. The summed E-state index contributed by atoms with van der Waals surface area (Å²) in [4.78, 5) is 17.7. The Bertz CT molecular complexity index is 584. The lowest BCUT2D eigenvalue weighted by Gasteiger charge is -2.21. The summed E-state index contributed by atoms with van der Waals surface area (Å²) >= 11 is 0. The summed E-state index contributed by atoms with van der Waals surface area (Å²) < 4.78 is 24.9. The zero-order valence-corrected chi connectivity index (χ0v) is 13.8. The second-order valence-electron chi connectivity index (χ2n) is 4.89. The number of pyridine rings is 1. The smallest absolute Gasteiger partial charge is 0.244 e. The third-order valence-electron chi connectivity index (χ3n) is 3.10. The first kappa shape index (κ1) is 17.4. The Balaban J connectivity index is 2.83. The molecule has 0 aliphatic rings. The molecule has 1 atom stereocenters. The van der Waals surface area contributed by atoms with Crippen LogP contribution in [-0.4, -0.2) is 62.2 Å². The van der Waals surface area contributed by atoms with Gasteiger partial charge in [0.1, 0.15) is 16.8 Å². The molecule has 8 heteroatoms. The number of sulfonamides is 1. The number of carbonyl (C=O) groups is 1. The molecule has 1 aromatic rings. The number of likely N-dealkylation sites (N-methyl/N-ethyl adjacent to an activating group) is 1. The number of anilines is 1. The maximum atomic E-state index is 11.9. The number of carbonyl (C=O) groups excluding carboxylic acids is 1. The van der Waals surface area contributed by atoms with Crippen molar-refractivity contribution in [3.8, 4) is 0 Å². The second kappa shape index (κ2) is 6.86. The second-order valence-corrected chi connectivity index (χ2v) is 7.04. The van der Waals surface area contributed by atoms with E-state index in [2.05, 4.69) is 10.3 Å². The molecule has 0 aromatic carbocycles. The first-order valence-corrected chi connectivity index (χ1v) is 8.04. The van der Waals surface area contributed by atoms with E-state index < -0.39 is 16.1 Å². The quantitative estimate of drug-likeness (QED) is 0.832. The highest BCUT2D eigenvalue weighted by molar-refractivity contribution is 7.89. The van der Waals surface area contributed by atoms with E-state index in [4.69, 9.17) is 0 Å². The molecule has 1 aromatic heterocycles. The molecule has 1 amide bonds. The largest absolute Gasteiger partial charge is 0.359 e. The van der Waals surface area contributed by atoms with Crippen molar-refractivity contribution in [1.82, 2.24) is 14.2 Å². The summed E-state index contributed by atoms with van der Waals surface area (Å²) in [5.41, 5.74) is 0. The van der Waals surface area contributed by atoms with Gasteiger partial charge in [0.2, 0.25) is 15.9 Å². The standard InChI is InChI=1S/C13H22N4O3S/c1-6-17(5)13(18)10(2)15-12-8-7-11(9-14-12)21(19,20)16(3)4/h7-10H,6H2,1-5H3,(H,14,15). The van der Waals surface area contributed by atoms with Crippen molar-refractivity contribution in [3.05, 3.63) is 18.3 Å². The average Bonchev–Trinajstić information content (AvgIpc) is 2.45. The zero-order chi connectivity index (χ0) is 16.2. The van der Waals surface area contributed by atoms with Crippen LogP contribution >= 0.6 is 0 Å². The van der Waals surface area contributed by atoms with Crippen LogP contribution in [0.3, 0.4) is 0 Å². The Hall–Kier alpha value is -1.67. The van der Waals surface area contributed by atoms with Crippen LogP contribution in [0.2, 0.25) is 0 Å².